The second kappa shape index (κ2) is 6.65. The van der Waals surface area contributed by atoms with Gasteiger partial charge in [0.25, 0.3) is 0 Å². The van der Waals surface area contributed by atoms with Gasteiger partial charge in [-0.2, -0.15) is 5.10 Å². The van der Waals surface area contributed by atoms with E-state index >= 15 is 0 Å². The number of nitrogens with zero attached hydrogens (tertiary/aromatic N) is 2. The zero-order valence-electron chi connectivity index (χ0n) is 14.2. The van der Waals surface area contributed by atoms with Crippen LogP contribution in [0.25, 0.3) is 0 Å². The number of benzene rings is 1. The molecule has 1 aliphatic rings. The fraction of sp³-hybridized carbons (Fsp3) is 0.500. The molecule has 1 aliphatic heterocycles. The number of thioether (sulfide) groups is 1. The van der Waals surface area contributed by atoms with Crippen LogP contribution in [0.2, 0.25) is 0 Å². The van der Waals surface area contributed by atoms with Gasteiger partial charge in [-0.3, -0.25) is 4.68 Å². The number of fused-ring (bicyclic) bond motifs is 1. The molecule has 0 saturated carbocycles. The quantitative estimate of drug-likeness (QED) is 0.919. The molecule has 0 aliphatic carbocycles. The van der Waals surface area contributed by atoms with Crippen LogP contribution >= 0.6 is 11.8 Å². The molecule has 0 fully saturated rings. The lowest BCUT2D eigenvalue weighted by Crippen LogP contribution is -2.34. The Bertz CT molecular complexity index is 711. The maximum Gasteiger partial charge on any atom is 0.123 e. The molecule has 1 aromatic carbocycles. The molecule has 2 atom stereocenters. The maximum atomic E-state index is 13.6. The van der Waals surface area contributed by atoms with Crippen molar-refractivity contribution in [2.75, 3.05) is 5.75 Å². The largest absolute Gasteiger partial charge is 0.307 e. The molecule has 0 unspecified atom stereocenters. The predicted molar refractivity (Wildman–Crippen MR) is 93.5 cm³/mol. The Morgan fingerprint density at radius 3 is 2.91 bits per heavy atom. The smallest absolute Gasteiger partial charge is 0.123 e. The summed E-state index contributed by atoms with van der Waals surface area (Å²) in [6.45, 7) is 6.38. The lowest BCUT2D eigenvalue weighted by atomic mass is 10.00. The molecule has 5 heteroatoms. The summed E-state index contributed by atoms with van der Waals surface area (Å²) in [6, 6.07) is 5.70. The summed E-state index contributed by atoms with van der Waals surface area (Å²) in [7, 11) is 1.99. The van der Waals surface area contributed by atoms with Crippen LogP contribution in [0.5, 0.6) is 0 Å². The monoisotopic (exact) mass is 333 g/mol. The summed E-state index contributed by atoms with van der Waals surface area (Å²) < 4.78 is 15.6. The van der Waals surface area contributed by atoms with Crippen LogP contribution in [0, 0.1) is 19.7 Å². The van der Waals surface area contributed by atoms with E-state index in [-0.39, 0.29) is 11.9 Å². The zero-order chi connectivity index (χ0) is 16.6. The first-order valence-corrected chi connectivity index (χ1v) is 9.11. The number of halogens is 1. The van der Waals surface area contributed by atoms with Gasteiger partial charge in [0, 0.05) is 29.7 Å². The summed E-state index contributed by atoms with van der Waals surface area (Å²) in [6.07, 6.45) is 1.98. The molecule has 124 valence electrons. The van der Waals surface area contributed by atoms with Crippen molar-refractivity contribution in [3.8, 4) is 0 Å². The number of nitrogens with one attached hydrogen (secondary N) is 1. The molecule has 1 N–H and O–H groups in total. The Labute approximate surface area is 141 Å². The molecule has 2 heterocycles. The lowest BCUT2D eigenvalue weighted by molar-refractivity contribution is 0.435. The predicted octanol–water partition coefficient (Wildman–Crippen LogP) is 3.93. The Balaban J connectivity index is 1.74. The molecule has 2 aromatic rings. The number of aromatic nitrogens is 2. The number of rotatable bonds is 4. The first-order valence-electron chi connectivity index (χ1n) is 8.13. The van der Waals surface area contributed by atoms with Crippen LogP contribution in [-0.4, -0.2) is 21.6 Å². The van der Waals surface area contributed by atoms with E-state index in [1.54, 1.807) is 12.1 Å². The normalized spacial score (nSPS) is 18.7. The van der Waals surface area contributed by atoms with Crippen molar-refractivity contribution >= 4 is 11.8 Å². The van der Waals surface area contributed by atoms with E-state index in [2.05, 4.69) is 31.2 Å². The highest BCUT2D eigenvalue weighted by molar-refractivity contribution is 7.99. The van der Waals surface area contributed by atoms with Crippen molar-refractivity contribution < 1.29 is 4.39 Å². The van der Waals surface area contributed by atoms with Gasteiger partial charge in [-0.15, -0.1) is 11.8 Å². The van der Waals surface area contributed by atoms with Crippen molar-refractivity contribution in [1.29, 1.82) is 0 Å². The molecular formula is C18H24FN3S. The molecule has 0 amide bonds. The highest BCUT2D eigenvalue weighted by atomic mass is 32.2. The van der Waals surface area contributed by atoms with Crippen LogP contribution < -0.4 is 5.32 Å². The van der Waals surface area contributed by atoms with Gasteiger partial charge >= 0.3 is 0 Å². The maximum absolute atomic E-state index is 13.6. The van der Waals surface area contributed by atoms with Gasteiger partial charge in [0.15, 0.2) is 0 Å². The molecule has 0 saturated heterocycles. The minimum Gasteiger partial charge on any atom is -0.307 e. The fourth-order valence-electron chi connectivity index (χ4n) is 3.36. The number of hydrogen-bond acceptors (Lipinski definition) is 3. The third-order valence-electron chi connectivity index (χ3n) is 4.67. The van der Waals surface area contributed by atoms with Gasteiger partial charge in [0.1, 0.15) is 5.82 Å². The van der Waals surface area contributed by atoms with Gasteiger partial charge in [0.2, 0.25) is 0 Å². The first kappa shape index (κ1) is 16.5. The molecule has 1 aromatic heterocycles. The average molecular weight is 333 g/mol. The summed E-state index contributed by atoms with van der Waals surface area (Å²) >= 11 is 1.82. The zero-order valence-corrected chi connectivity index (χ0v) is 15.0. The SMILES string of the molecule is Cc1nn(C)c(C)c1C[C@@H](C)N[C@@H]1CCSc2ccc(F)cc21. The molecule has 23 heavy (non-hydrogen) atoms. The van der Waals surface area contributed by atoms with Gasteiger partial charge in [-0.1, -0.05) is 0 Å². The number of hydrogen-bond donors (Lipinski definition) is 1. The molecule has 3 nitrogen and oxygen atoms in total. The number of aryl methyl sites for hydroxylation is 2. The highest BCUT2D eigenvalue weighted by Crippen LogP contribution is 2.36. The third kappa shape index (κ3) is 3.45. The van der Waals surface area contributed by atoms with Crippen molar-refractivity contribution in [3.05, 3.63) is 46.5 Å². The summed E-state index contributed by atoms with van der Waals surface area (Å²) in [4.78, 5) is 1.20. The fourth-order valence-corrected chi connectivity index (χ4v) is 4.47. The van der Waals surface area contributed by atoms with E-state index in [4.69, 9.17) is 0 Å². The van der Waals surface area contributed by atoms with Crippen LogP contribution in [-0.2, 0) is 13.5 Å². The highest BCUT2D eigenvalue weighted by Gasteiger charge is 2.23. The van der Waals surface area contributed by atoms with Crippen LogP contribution in [0.1, 0.15) is 41.9 Å². The van der Waals surface area contributed by atoms with Gasteiger partial charge in [0.05, 0.1) is 5.69 Å². The Morgan fingerprint density at radius 2 is 2.22 bits per heavy atom. The summed E-state index contributed by atoms with van der Waals surface area (Å²) in [5, 5.41) is 8.19. The van der Waals surface area contributed by atoms with Gasteiger partial charge < -0.3 is 5.32 Å². The van der Waals surface area contributed by atoms with E-state index in [0.717, 1.165) is 29.9 Å². The summed E-state index contributed by atoms with van der Waals surface area (Å²) in [5.41, 5.74) is 4.75. The summed E-state index contributed by atoms with van der Waals surface area (Å²) in [5.74, 6) is 0.929. The molecule has 0 spiro atoms. The minimum atomic E-state index is -0.148. The van der Waals surface area contributed by atoms with Crippen LogP contribution in [0.3, 0.4) is 0 Å². The van der Waals surface area contributed by atoms with Gasteiger partial charge in [-0.05, 0) is 68.7 Å². The molecule has 3 rings (SSSR count). The van der Waals surface area contributed by atoms with E-state index in [9.17, 15) is 4.39 Å². The minimum absolute atomic E-state index is 0.148. The average Bonchev–Trinajstić information content (AvgIpc) is 2.74. The standard InChI is InChI=1S/C18H24FN3S/c1-11(9-15-12(2)21-22(4)13(15)3)20-17-7-8-23-18-6-5-14(19)10-16(17)18/h5-6,10-11,17,20H,7-9H2,1-4H3/t11-,17-/m1/s1. The topological polar surface area (TPSA) is 29.9 Å². The molecular weight excluding hydrogens is 309 g/mol. The van der Waals surface area contributed by atoms with E-state index in [1.165, 1.54) is 16.2 Å². The van der Waals surface area contributed by atoms with Crippen molar-refractivity contribution in [3.63, 3.8) is 0 Å². The van der Waals surface area contributed by atoms with Crippen molar-refractivity contribution in [2.24, 2.45) is 7.05 Å². The van der Waals surface area contributed by atoms with Crippen LogP contribution in [0.4, 0.5) is 4.39 Å². The second-order valence-electron chi connectivity index (χ2n) is 6.42. The second-order valence-corrected chi connectivity index (χ2v) is 7.55. The van der Waals surface area contributed by atoms with E-state index in [1.807, 2.05) is 29.6 Å². The lowest BCUT2D eigenvalue weighted by Gasteiger charge is -2.29. The Hall–Kier alpha value is -1.33. The first-order chi connectivity index (χ1) is 11.0. The van der Waals surface area contributed by atoms with Crippen molar-refractivity contribution in [1.82, 2.24) is 15.1 Å². The van der Waals surface area contributed by atoms with E-state index < -0.39 is 0 Å². The van der Waals surface area contributed by atoms with Crippen molar-refractivity contribution in [2.45, 2.75) is 50.6 Å². The van der Waals surface area contributed by atoms with E-state index in [0.29, 0.717) is 6.04 Å². The third-order valence-corrected chi connectivity index (χ3v) is 5.79. The Kier molecular flexibility index (Phi) is 4.78. The molecule has 0 radical (unpaired) electrons. The Morgan fingerprint density at radius 1 is 1.43 bits per heavy atom. The van der Waals surface area contributed by atoms with Crippen LogP contribution in [0.15, 0.2) is 23.1 Å². The molecule has 0 bridgehead atoms. The van der Waals surface area contributed by atoms with Gasteiger partial charge in [-0.25, -0.2) is 4.39 Å².